The number of carbonyl (C=O) groups is 1. The molecule has 0 radical (unpaired) electrons. The summed E-state index contributed by atoms with van der Waals surface area (Å²) in [5.74, 6) is 0.392. The monoisotopic (exact) mass is 312 g/mol. The van der Waals surface area contributed by atoms with Crippen LogP contribution in [-0.4, -0.2) is 23.8 Å². The highest BCUT2D eigenvalue weighted by molar-refractivity contribution is 5.85. The molecular formula is C18H20N2O3. The zero-order chi connectivity index (χ0) is 16.8. The van der Waals surface area contributed by atoms with E-state index in [1.807, 2.05) is 45.0 Å². The fourth-order valence-corrected chi connectivity index (χ4v) is 1.92. The predicted octanol–water partition coefficient (Wildman–Crippen LogP) is 2.85. The van der Waals surface area contributed by atoms with Crippen molar-refractivity contribution in [3.63, 3.8) is 0 Å². The van der Waals surface area contributed by atoms with Gasteiger partial charge in [-0.3, -0.25) is 4.79 Å². The van der Waals surface area contributed by atoms with Crippen molar-refractivity contribution in [2.45, 2.75) is 20.8 Å². The maximum Gasteiger partial charge on any atom is 0.277 e. The van der Waals surface area contributed by atoms with Crippen molar-refractivity contribution in [3.8, 4) is 11.5 Å². The predicted molar refractivity (Wildman–Crippen MR) is 90.0 cm³/mol. The molecule has 0 atom stereocenters. The Morgan fingerprint density at radius 3 is 2.65 bits per heavy atom. The van der Waals surface area contributed by atoms with Crippen LogP contribution in [0.4, 0.5) is 0 Å². The third-order valence-electron chi connectivity index (χ3n) is 3.43. The van der Waals surface area contributed by atoms with E-state index in [1.165, 1.54) is 11.8 Å². The minimum Gasteiger partial charge on any atom is -0.507 e. The van der Waals surface area contributed by atoms with Gasteiger partial charge in [0.15, 0.2) is 6.61 Å². The van der Waals surface area contributed by atoms with Crippen LogP contribution in [0.15, 0.2) is 41.5 Å². The van der Waals surface area contributed by atoms with E-state index in [1.54, 1.807) is 12.1 Å². The molecule has 0 heterocycles. The summed E-state index contributed by atoms with van der Waals surface area (Å²) in [4.78, 5) is 11.7. The van der Waals surface area contributed by atoms with Gasteiger partial charge in [0, 0.05) is 5.56 Å². The molecule has 0 aliphatic heterocycles. The molecule has 120 valence electrons. The first kappa shape index (κ1) is 16.5. The van der Waals surface area contributed by atoms with E-state index in [9.17, 15) is 9.90 Å². The number of benzene rings is 2. The molecule has 0 aliphatic carbocycles. The molecule has 2 rings (SSSR count). The second-order valence-corrected chi connectivity index (χ2v) is 5.39. The van der Waals surface area contributed by atoms with Crippen molar-refractivity contribution in [1.29, 1.82) is 0 Å². The Labute approximate surface area is 135 Å². The second kappa shape index (κ2) is 7.45. The first-order valence-electron chi connectivity index (χ1n) is 7.27. The van der Waals surface area contributed by atoms with Gasteiger partial charge in [0.2, 0.25) is 0 Å². The number of hydrazone groups is 1. The fourth-order valence-electron chi connectivity index (χ4n) is 1.92. The largest absolute Gasteiger partial charge is 0.507 e. The zero-order valence-corrected chi connectivity index (χ0v) is 13.5. The first-order valence-corrected chi connectivity index (χ1v) is 7.27. The van der Waals surface area contributed by atoms with E-state index in [0.717, 1.165) is 11.1 Å². The van der Waals surface area contributed by atoms with Crippen molar-refractivity contribution in [2.75, 3.05) is 6.61 Å². The zero-order valence-electron chi connectivity index (χ0n) is 13.5. The number of phenols is 1. The second-order valence-electron chi connectivity index (χ2n) is 5.39. The van der Waals surface area contributed by atoms with Crippen molar-refractivity contribution in [2.24, 2.45) is 5.10 Å². The third-order valence-corrected chi connectivity index (χ3v) is 3.43. The Morgan fingerprint density at radius 2 is 1.96 bits per heavy atom. The van der Waals surface area contributed by atoms with Crippen molar-refractivity contribution in [1.82, 2.24) is 5.43 Å². The smallest absolute Gasteiger partial charge is 0.277 e. The van der Waals surface area contributed by atoms with Crippen LogP contribution in [0.3, 0.4) is 0 Å². The van der Waals surface area contributed by atoms with Gasteiger partial charge in [-0.15, -0.1) is 0 Å². The molecule has 0 aromatic heterocycles. The maximum atomic E-state index is 11.7. The summed E-state index contributed by atoms with van der Waals surface area (Å²) in [5, 5.41) is 13.5. The number of nitrogens with zero attached hydrogens (tertiary/aromatic N) is 1. The van der Waals surface area contributed by atoms with E-state index in [2.05, 4.69) is 10.5 Å². The van der Waals surface area contributed by atoms with Gasteiger partial charge in [-0.05, 0) is 61.7 Å². The number of ether oxygens (including phenoxy) is 1. The van der Waals surface area contributed by atoms with Gasteiger partial charge in [-0.2, -0.15) is 5.10 Å². The van der Waals surface area contributed by atoms with E-state index >= 15 is 0 Å². The maximum absolute atomic E-state index is 11.7. The van der Waals surface area contributed by atoms with Gasteiger partial charge >= 0.3 is 0 Å². The molecule has 1 amide bonds. The van der Waals surface area contributed by atoms with Gasteiger partial charge in [-0.1, -0.05) is 12.1 Å². The number of aromatic hydroxyl groups is 1. The van der Waals surface area contributed by atoms with Gasteiger partial charge < -0.3 is 9.84 Å². The van der Waals surface area contributed by atoms with Crippen LogP contribution in [-0.2, 0) is 4.79 Å². The van der Waals surface area contributed by atoms with E-state index in [4.69, 9.17) is 4.74 Å². The van der Waals surface area contributed by atoms with Crippen LogP contribution in [0.25, 0.3) is 0 Å². The number of phenolic OH excluding ortho intramolecular Hbond substituents is 1. The fraction of sp³-hybridized carbons (Fsp3) is 0.222. The molecule has 2 aromatic rings. The SMILES string of the molecule is Cc1ccc(/C=N/NC(=O)COc2ccc(C)c(C)c2)c(O)c1. The van der Waals surface area contributed by atoms with Crippen LogP contribution in [0.2, 0.25) is 0 Å². The normalized spacial score (nSPS) is 10.7. The Bertz CT molecular complexity index is 739. The summed E-state index contributed by atoms with van der Waals surface area (Å²) < 4.78 is 5.41. The van der Waals surface area contributed by atoms with E-state index < -0.39 is 0 Å². The Hall–Kier alpha value is -2.82. The lowest BCUT2D eigenvalue weighted by Crippen LogP contribution is -2.24. The highest BCUT2D eigenvalue weighted by atomic mass is 16.5. The van der Waals surface area contributed by atoms with Crippen molar-refractivity contribution < 1.29 is 14.6 Å². The average Bonchev–Trinajstić information content (AvgIpc) is 2.50. The topological polar surface area (TPSA) is 70.9 Å². The van der Waals surface area contributed by atoms with Crippen LogP contribution < -0.4 is 10.2 Å². The molecular weight excluding hydrogens is 292 g/mol. The van der Waals surface area contributed by atoms with Gasteiger partial charge in [-0.25, -0.2) is 5.43 Å². The summed E-state index contributed by atoms with van der Waals surface area (Å²) in [7, 11) is 0. The molecule has 0 saturated carbocycles. The molecule has 0 unspecified atom stereocenters. The Morgan fingerprint density at radius 1 is 1.17 bits per heavy atom. The van der Waals surface area contributed by atoms with Crippen molar-refractivity contribution >= 4 is 12.1 Å². The lowest BCUT2D eigenvalue weighted by molar-refractivity contribution is -0.123. The number of hydrogen-bond donors (Lipinski definition) is 2. The highest BCUT2D eigenvalue weighted by Crippen LogP contribution is 2.17. The molecule has 2 aromatic carbocycles. The third kappa shape index (κ3) is 4.85. The molecule has 5 heteroatoms. The molecule has 2 N–H and O–H groups in total. The number of aryl methyl sites for hydroxylation is 3. The number of amides is 1. The lowest BCUT2D eigenvalue weighted by Gasteiger charge is -2.07. The molecule has 5 nitrogen and oxygen atoms in total. The molecule has 23 heavy (non-hydrogen) atoms. The van der Waals surface area contributed by atoms with E-state index in [-0.39, 0.29) is 18.3 Å². The first-order chi connectivity index (χ1) is 11.0. The molecule has 0 aliphatic rings. The highest BCUT2D eigenvalue weighted by Gasteiger charge is 2.03. The van der Waals surface area contributed by atoms with Gasteiger partial charge in [0.25, 0.3) is 5.91 Å². The minimum absolute atomic E-state index is 0.120. The number of carbonyl (C=O) groups excluding carboxylic acids is 1. The van der Waals surface area contributed by atoms with Crippen molar-refractivity contribution in [3.05, 3.63) is 58.7 Å². The van der Waals surface area contributed by atoms with Crippen LogP contribution >= 0.6 is 0 Å². The molecule has 0 fully saturated rings. The summed E-state index contributed by atoms with van der Waals surface area (Å²) in [6, 6.07) is 10.9. The standard InChI is InChI=1S/C18H20N2O3/c1-12-4-6-15(17(21)8-12)10-19-20-18(22)11-23-16-7-5-13(2)14(3)9-16/h4-10,21H,11H2,1-3H3,(H,20,22)/b19-10+. The molecule has 0 spiro atoms. The summed E-state index contributed by atoms with van der Waals surface area (Å²) >= 11 is 0. The van der Waals surface area contributed by atoms with Crippen LogP contribution in [0.5, 0.6) is 11.5 Å². The quantitative estimate of drug-likeness (QED) is 0.659. The van der Waals surface area contributed by atoms with Gasteiger partial charge in [0.1, 0.15) is 11.5 Å². The average molecular weight is 312 g/mol. The number of rotatable bonds is 5. The summed E-state index contributed by atoms with van der Waals surface area (Å²) in [6.45, 7) is 5.76. The number of hydrogen-bond acceptors (Lipinski definition) is 4. The van der Waals surface area contributed by atoms with Gasteiger partial charge in [0.05, 0.1) is 6.21 Å². The lowest BCUT2D eigenvalue weighted by atomic mass is 10.1. The minimum atomic E-state index is -0.369. The Kier molecular flexibility index (Phi) is 5.36. The summed E-state index contributed by atoms with van der Waals surface area (Å²) in [5.41, 5.74) is 6.12. The summed E-state index contributed by atoms with van der Waals surface area (Å²) in [6.07, 6.45) is 1.39. The molecule has 0 bridgehead atoms. The van der Waals surface area contributed by atoms with Crippen LogP contribution in [0.1, 0.15) is 22.3 Å². The molecule has 0 saturated heterocycles. The van der Waals surface area contributed by atoms with Crippen LogP contribution in [0, 0.1) is 20.8 Å². The number of nitrogens with one attached hydrogen (secondary N) is 1. The van der Waals surface area contributed by atoms with E-state index in [0.29, 0.717) is 11.3 Å². The Balaban J connectivity index is 1.85.